The van der Waals surface area contributed by atoms with Crippen LogP contribution < -0.4 is 5.32 Å². The molecule has 1 N–H and O–H groups in total. The van der Waals surface area contributed by atoms with Crippen molar-refractivity contribution >= 4 is 17.7 Å². The number of nitrogens with zero attached hydrogens (tertiary/aromatic N) is 3. The van der Waals surface area contributed by atoms with Crippen molar-refractivity contribution in [3.05, 3.63) is 17.1 Å². The van der Waals surface area contributed by atoms with Gasteiger partial charge in [-0.15, -0.1) is 6.42 Å². The van der Waals surface area contributed by atoms with Crippen LogP contribution in [0.4, 0.5) is 0 Å². The first-order chi connectivity index (χ1) is 8.99. The molecule has 1 heterocycles. The van der Waals surface area contributed by atoms with Gasteiger partial charge < -0.3 is 5.32 Å². The maximum absolute atomic E-state index is 11.7. The van der Waals surface area contributed by atoms with Gasteiger partial charge in [0.15, 0.2) is 0 Å². The summed E-state index contributed by atoms with van der Waals surface area (Å²) >= 11 is 1.23. The summed E-state index contributed by atoms with van der Waals surface area (Å²) in [5.74, 6) is 2.74. The zero-order valence-corrected chi connectivity index (χ0v) is 11.8. The standard InChI is InChI=1S/C13H14N4OS/c1-5-6-15-12(18)9(3)19-13-11(7-14)8(2)16-10(4)17-13/h1,9H,6H2,2-4H3,(H,15,18). The summed E-state index contributed by atoms with van der Waals surface area (Å²) < 4.78 is 0. The van der Waals surface area contributed by atoms with E-state index in [1.807, 2.05) is 0 Å². The summed E-state index contributed by atoms with van der Waals surface area (Å²) in [5, 5.41) is 11.9. The van der Waals surface area contributed by atoms with Crippen LogP contribution >= 0.6 is 11.8 Å². The smallest absolute Gasteiger partial charge is 0.234 e. The van der Waals surface area contributed by atoms with Gasteiger partial charge in [-0.2, -0.15) is 5.26 Å². The van der Waals surface area contributed by atoms with E-state index >= 15 is 0 Å². The number of rotatable bonds is 4. The van der Waals surface area contributed by atoms with E-state index in [2.05, 4.69) is 27.3 Å². The van der Waals surface area contributed by atoms with Crippen molar-refractivity contribution in [1.82, 2.24) is 15.3 Å². The lowest BCUT2D eigenvalue weighted by Gasteiger charge is -2.12. The van der Waals surface area contributed by atoms with Crippen molar-refractivity contribution in [3.8, 4) is 18.4 Å². The minimum absolute atomic E-state index is 0.180. The third kappa shape index (κ3) is 3.97. The molecule has 0 spiro atoms. The zero-order chi connectivity index (χ0) is 14.4. The van der Waals surface area contributed by atoms with Crippen LogP contribution in [0.1, 0.15) is 24.0 Å². The highest BCUT2D eigenvalue weighted by atomic mass is 32.2. The fourth-order valence-corrected chi connectivity index (χ4v) is 2.42. The highest BCUT2D eigenvalue weighted by Crippen LogP contribution is 2.26. The van der Waals surface area contributed by atoms with E-state index in [-0.39, 0.29) is 17.7 Å². The number of aromatic nitrogens is 2. The largest absolute Gasteiger partial charge is 0.344 e. The van der Waals surface area contributed by atoms with Gasteiger partial charge in [-0.3, -0.25) is 4.79 Å². The first-order valence-corrected chi connectivity index (χ1v) is 6.50. The number of hydrogen-bond acceptors (Lipinski definition) is 5. The first kappa shape index (κ1) is 15.0. The average molecular weight is 274 g/mol. The Morgan fingerprint density at radius 2 is 2.21 bits per heavy atom. The van der Waals surface area contributed by atoms with Gasteiger partial charge in [0.25, 0.3) is 0 Å². The quantitative estimate of drug-likeness (QED) is 0.507. The summed E-state index contributed by atoms with van der Waals surface area (Å²) in [6.07, 6.45) is 5.08. The number of carbonyl (C=O) groups is 1. The van der Waals surface area contributed by atoms with Gasteiger partial charge in [-0.25, -0.2) is 9.97 Å². The molecule has 0 aliphatic carbocycles. The van der Waals surface area contributed by atoms with Gasteiger partial charge in [-0.1, -0.05) is 17.7 Å². The molecule has 0 fully saturated rings. The Hall–Kier alpha value is -2.05. The molecule has 1 aromatic rings. The van der Waals surface area contributed by atoms with E-state index in [1.165, 1.54) is 11.8 Å². The van der Waals surface area contributed by atoms with E-state index in [0.717, 1.165) is 0 Å². The van der Waals surface area contributed by atoms with Crippen LogP contribution in [0, 0.1) is 37.5 Å². The Kier molecular flexibility index (Phi) is 5.35. The van der Waals surface area contributed by atoms with Gasteiger partial charge >= 0.3 is 0 Å². The van der Waals surface area contributed by atoms with Crippen LogP contribution in [-0.4, -0.2) is 27.7 Å². The van der Waals surface area contributed by atoms with Crippen molar-refractivity contribution in [2.45, 2.75) is 31.0 Å². The number of thioether (sulfide) groups is 1. The molecule has 1 amide bonds. The minimum atomic E-state index is -0.380. The minimum Gasteiger partial charge on any atom is -0.344 e. The molecular weight excluding hydrogens is 260 g/mol. The highest BCUT2D eigenvalue weighted by Gasteiger charge is 2.18. The summed E-state index contributed by atoms with van der Waals surface area (Å²) in [5.41, 5.74) is 1.03. The lowest BCUT2D eigenvalue weighted by molar-refractivity contribution is -0.120. The van der Waals surface area contributed by atoms with Crippen LogP contribution in [0.3, 0.4) is 0 Å². The Balaban J connectivity index is 2.91. The molecule has 1 rings (SSSR count). The summed E-state index contributed by atoms with van der Waals surface area (Å²) in [6.45, 7) is 5.43. The van der Waals surface area contributed by atoms with Crippen LogP contribution in [0.15, 0.2) is 5.03 Å². The van der Waals surface area contributed by atoms with E-state index in [1.54, 1.807) is 20.8 Å². The Morgan fingerprint density at radius 3 is 2.79 bits per heavy atom. The second-order valence-electron chi connectivity index (χ2n) is 3.83. The van der Waals surface area contributed by atoms with Crippen molar-refractivity contribution in [1.29, 1.82) is 5.26 Å². The second kappa shape index (κ2) is 6.77. The van der Waals surface area contributed by atoms with Crippen LogP contribution in [0.25, 0.3) is 0 Å². The normalized spacial score (nSPS) is 11.2. The number of nitriles is 1. The molecule has 0 aliphatic heterocycles. The first-order valence-electron chi connectivity index (χ1n) is 5.62. The fraction of sp³-hybridized carbons (Fsp3) is 0.385. The fourth-order valence-electron chi connectivity index (χ4n) is 1.40. The molecular formula is C13H14N4OS. The highest BCUT2D eigenvalue weighted by molar-refractivity contribution is 8.00. The van der Waals surface area contributed by atoms with Crippen molar-refractivity contribution in [3.63, 3.8) is 0 Å². The number of carbonyl (C=O) groups excluding carboxylic acids is 1. The van der Waals surface area contributed by atoms with Gasteiger partial charge in [0.1, 0.15) is 22.5 Å². The van der Waals surface area contributed by atoms with Gasteiger partial charge in [-0.05, 0) is 20.8 Å². The van der Waals surface area contributed by atoms with E-state index in [4.69, 9.17) is 11.7 Å². The monoisotopic (exact) mass is 274 g/mol. The molecule has 1 unspecified atom stereocenters. The SMILES string of the molecule is C#CCNC(=O)C(C)Sc1nc(C)nc(C)c1C#N. The van der Waals surface area contributed by atoms with Crippen LogP contribution in [-0.2, 0) is 4.79 Å². The lowest BCUT2D eigenvalue weighted by atomic mass is 10.3. The average Bonchev–Trinajstić information content (AvgIpc) is 2.35. The zero-order valence-electron chi connectivity index (χ0n) is 11.0. The molecule has 0 saturated heterocycles. The molecule has 0 radical (unpaired) electrons. The molecule has 0 bridgehead atoms. The predicted octanol–water partition coefficient (Wildman–Crippen LogP) is 1.20. The number of aryl methyl sites for hydroxylation is 2. The molecule has 19 heavy (non-hydrogen) atoms. The Labute approximate surface area is 116 Å². The van der Waals surface area contributed by atoms with Crippen LogP contribution in [0.2, 0.25) is 0 Å². The maximum atomic E-state index is 11.7. The number of amides is 1. The maximum Gasteiger partial charge on any atom is 0.234 e. The molecule has 0 aliphatic rings. The van der Waals surface area contributed by atoms with Crippen molar-refractivity contribution < 1.29 is 4.79 Å². The van der Waals surface area contributed by atoms with Gasteiger partial charge in [0.2, 0.25) is 5.91 Å². The van der Waals surface area contributed by atoms with Gasteiger partial charge in [0.05, 0.1) is 17.5 Å². The molecule has 0 aromatic carbocycles. The lowest BCUT2D eigenvalue weighted by Crippen LogP contribution is -2.31. The number of nitrogens with one attached hydrogen (secondary N) is 1. The predicted molar refractivity (Wildman–Crippen MR) is 73.4 cm³/mol. The Bertz CT molecular complexity index is 571. The molecule has 98 valence electrons. The van der Waals surface area contributed by atoms with Gasteiger partial charge in [0, 0.05) is 0 Å². The molecule has 5 nitrogen and oxygen atoms in total. The molecule has 1 aromatic heterocycles. The van der Waals surface area contributed by atoms with Crippen LogP contribution in [0.5, 0.6) is 0 Å². The van der Waals surface area contributed by atoms with Crippen molar-refractivity contribution in [2.75, 3.05) is 6.54 Å². The second-order valence-corrected chi connectivity index (χ2v) is 5.16. The summed E-state index contributed by atoms with van der Waals surface area (Å²) in [7, 11) is 0. The van der Waals surface area contributed by atoms with E-state index in [0.29, 0.717) is 22.1 Å². The van der Waals surface area contributed by atoms with Crippen molar-refractivity contribution in [2.24, 2.45) is 0 Å². The molecule has 1 atom stereocenters. The third-order valence-corrected chi connectivity index (χ3v) is 3.39. The summed E-state index contributed by atoms with van der Waals surface area (Å²) in [4.78, 5) is 20.1. The molecule has 0 saturated carbocycles. The molecule has 6 heteroatoms. The summed E-state index contributed by atoms with van der Waals surface area (Å²) in [6, 6.07) is 2.07. The van der Waals surface area contributed by atoms with E-state index in [9.17, 15) is 4.79 Å². The topological polar surface area (TPSA) is 78.7 Å². The Morgan fingerprint density at radius 1 is 1.53 bits per heavy atom. The third-order valence-electron chi connectivity index (χ3n) is 2.30. The van der Waals surface area contributed by atoms with E-state index < -0.39 is 0 Å². The number of terminal acetylenes is 1. The number of hydrogen-bond donors (Lipinski definition) is 1.